The Balaban J connectivity index is 1.89. The summed E-state index contributed by atoms with van der Waals surface area (Å²) in [5, 5.41) is 12.6. The van der Waals surface area contributed by atoms with E-state index in [1.165, 1.54) is 30.3 Å². The van der Waals surface area contributed by atoms with E-state index < -0.39 is 5.91 Å². The fourth-order valence-electron chi connectivity index (χ4n) is 2.65. The van der Waals surface area contributed by atoms with Crippen LogP contribution in [0.3, 0.4) is 0 Å². The van der Waals surface area contributed by atoms with Crippen LogP contribution in [0.4, 0.5) is 10.1 Å². The molecule has 1 amide bonds. The number of nitrogens with zero attached hydrogens (tertiary/aromatic N) is 1. The van der Waals surface area contributed by atoms with Gasteiger partial charge in [-0.1, -0.05) is 53.5 Å². The Morgan fingerprint density at radius 2 is 1.87 bits per heavy atom. The van der Waals surface area contributed by atoms with Gasteiger partial charge in [0.05, 0.1) is 5.02 Å². The number of hydrogen-bond donors (Lipinski definition) is 1. The molecule has 0 fully saturated rings. The zero-order valence-electron chi connectivity index (χ0n) is 15.5. The third-order valence-electron chi connectivity index (χ3n) is 4.01. The lowest BCUT2D eigenvalue weighted by Gasteiger charge is -2.13. The van der Waals surface area contributed by atoms with Gasteiger partial charge in [0.25, 0.3) is 5.91 Å². The number of carbonyl (C=O) groups excluding carboxylic acids is 1. The smallest absolute Gasteiger partial charge is 0.266 e. The number of hydrogen-bond acceptors (Lipinski definition) is 3. The van der Waals surface area contributed by atoms with Crippen LogP contribution in [-0.2, 0) is 11.4 Å². The molecule has 4 nitrogen and oxygen atoms in total. The maximum atomic E-state index is 13.4. The van der Waals surface area contributed by atoms with Gasteiger partial charge in [0.15, 0.2) is 0 Å². The van der Waals surface area contributed by atoms with Crippen molar-refractivity contribution in [2.45, 2.75) is 6.61 Å². The monoisotopic (exact) mass is 440 g/mol. The first-order valence-electron chi connectivity index (χ1n) is 8.81. The molecule has 30 heavy (non-hydrogen) atoms. The molecule has 0 unspecified atom stereocenters. The maximum absolute atomic E-state index is 13.4. The summed E-state index contributed by atoms with van der Waals surface area (Å²) in [6, 6.07) is 19.6. The summed E-state index contributed by atoms with van der Waals surface area (Å²) in [5.41, 5.74) is 1.34. The van der Waals surface area contributed by atoms with E-state index >= 15 is 0 Å². The molecule has 0 atom stereocenters. The number of rotatable bonds is 6. The highest BCUT2D eigenvalue weighted by atomic mass is 35.5. The van der Waals surface area contributed by atoms with Gasteiger partial charge < -0.3 is 10.1 Å². The molecule has 0 radical (unpaired) electrons. The van der Waals surface area contributed by atoms with Gasteiger partial charge >= 0.3 is 0 Å². The standard InChI is InChI=1S/C23H15Cl2FN2O2/c24-18-11-16(10-17(13-27)23(29)28-20-7-2-1-3-8-20)22(21(25)12-18)30-14-15-5-4-6-19(26)9-15/h1-12H,14H2,(H,28,29)/b17-10+. The van der Waals surface area contributed by atoms with Crippen LogP contribution in [0, 0.1) is 17.1 Å². The van der Waals surface area contributed by atoms with Gasteiger partial charge in [-0.2, -0.15) is 5.26 Å². The van der Waals surface area contributed by atoms with Gasteiger partial charge in [-0.05, 0) is 48.0 Å². The van der Waals surface area contributed by atoms with Gasteiger partial charge in [-0.15, -0.1) is 0 Å². The number of benzene rings is 3. The van der Waals surface area contributed by atoms with Crippen molar-refractivity contribution in [2.24, 2.45) is 0 Å². The first kappa shape index (κ1) is 21.4. The first-order valence-corrected chi connectivity index (χ1v) is 9.56. The van der Waals surface area contributed by atoms with Crippen molar-refractivity contribution in [3.63, 3.8) is 0 Å². The number of ether oxygens (including phenoxy) is 1. The summed E-state index contributed by atoms with van der Waals surface area (Å²) in [5.74, 6) is -0.746. The number of anilines is 1. The lowest BCUT2D eigenvalue weighted by atomic mass is 10.1. The highest BCUT2D eigenvalue weighted by Crippen LogP contribution is 2.34. The van der Waals surface area contributed by atoms with Crippen LogP contribution in [-0.4, -0.2) is 5.91 Å². The van der Waals surface area contributed by atoms with E-state index in [2.05, 4.69) is 5.32 Å². The first-order chi connectivity index (χ1) is 14.5. The van der Waals surface area contributed by atoms with Crippen LogP contribution in [0.15, 0.2) is 72.3 Å². The van der Waals surface area contributed by atoms with Crippen LogP contribution < -0.4 is 10.1 Å². The van der Waals surface area contributed by atoms with Crippen LogP contribution in [0.25, 0.3) is 6.08 Å². The molecule has 3 aromatic rings. The molecule has 3 aromatic carbocycles. The van der Waals surface area contributed by atoms with E-state index in [0.717, 1.165) is 0 Å². The van der Waals surface area contributed by atoms with Crippen LogP contribution in [0.2, 0.25) is 10.0 Å². The Labute approximate surface area is 183 Å². The van der Waals surface area contributed by atoms with Crippen LogP contribution in [0.1, 0.15) is 11.1 Å². The molecule has 7 heteroatoms. The SMILES string of the molecule is N#C/C(=C\c1cc(Cl)cc(Cl)c1OCc1cccc(F)c1)C(=O)Nc1ccccc1. The molecule has 0 aliphatic heterocycles. The Morgan fingerprint density at radius 1 is 1.10 bits per heavy atom. The van der Waals surface area contributed by atoms with E-state index in [-0.39, 0.29) is 28.8 Å². The van der Waals surface area contributed by atoms with Crippen molar-refractivity contribution in [3.8, 4) is 11.8 Å². The molecule has 0 aliphatic carbocycles. The van der Waals surface area contributed by atoms with Crippen molar-refractivity contribution in [2.75, 3.05) is 5.32 Å². The second kappa shape index (κ2) is 9.93. The van der Waals surface area contributed by atoms with Crippen molar-refractivity contribution < 1.29 is 13.9 Å². The van der Waals surface area contributed by atoms with Gasteiger partial charge in [0.2, 0.25) is 0 Å². The molecular weight excluding hydrogens is 426 g/mol. The molecule has 150 valence electrons. The van der Waals surface area contributed by atoms with Crippen molar-refractivity contribution in [3.05, 3.63) is 99.3 Å². The number of nitriles is 1. The molecule has 1 N–H and O–H groups in total. The van der Waals surface area contributed by atoms with E-state index in [0.29, 0.717) is 21.8 Å². The average Bonchev–Trinajstić information content (AvgIpc) is 2.72. The van der Waals surface area contributed by atoms with E-state index in [1.54, 1.807) is 36.4 Å². The third kappa shape index (κ3) is 5.60. The maximum Gasteiger partial charge on any atom is 0.266 e. The number of para-hydroxylation sites is 1. The number of halogens is 3. The highest BCUT2D eigenvalue weighted by molar-refractivity contribution is 6.36. The largest absolute Gasteiger partial charge is 0.487 e. The quantitative estimate of drug-likeness (QED) is 0.363. The predicted octanol–water partition coefficient (Wildman–Crippen LogP) is 6.26. The summed E-state index contributed by atoms with van der Waals surface area (Å²) < 4.78 is 19.2. The number of nitrogens with one attached hydrogen (secondary N) is 1. The van der Waals surface area contributed by atoms with E-state index in [4.69, 9.17) is 27.9 Å². The molecule has 0 heterocycles. The molecule has 3 rings (SSSR count). The molecule has 0 saturated carbocycles. The molecular formula is C23H15Cl2FN2O2. The number of amides is 1. The average molecular weight is 441 g/mol. The minimum atomic E-state index is -0.587. The summed E-state index contributed by atoms with van der Waals surface area (Å²) in [6.07, 6.45) is 1.34. The molecule has 0 aliphatic rings. The van der Waals surface area contributed by atoms with Crippen molar-refractivity contribution in [1.29, 1.82) is 5.26 Å². The minimum absolute atomic E-state index is 0.0397. The van der Waals surface area contributed by atoms with E-state index in [1.807, 2.05) is 12.1 Å². The third-order valence-corrected chi connectivity index (χ3v) is 4.50. The Morgan fingerprint density at radius 3 is 2.57 bits per heavy atom. The van der Waals surface area contributed by atoms with Gasteiger partial charge in [-0.25, -0.2) is 4.39 Å². The fourth-order valence-corrected chi connectivity index (χ4v) is 3.21. The van der Waals surface area contributed by atoms with Crippen LogP contribution >= 0.6 is 23.2 Å². The molecule has 0 aromatic heterocycles. The summed E-state index contributed by atoms with van der Waals surface area (Å²) in [6.45, 7) is 0.0397. The Hall–Kier alpha value is -3.33. The van der Waals surface area contributed by atoms with Gasteiger partial charge in [0, 0.05) is 16.3 Å². The minimum Gasteiger partial charge on any atom is -0.487 e. The second-order valence-electron chi connectivity index (χ2n) is 6.21. The van der Waals surface area contributed by atoms with Crippen molar-refractivity contribution in [1.82, 2.24) is 0 Å². The summed E-state index contributed by atoms with van der Waals surface area (Å²) in [4.78, 5) is 12.5. The zero-order chi connectivity index (χ0) is 21.5. The number of carbonyl (C=O) groups is 1. The topological polar surface area (TPSA) is 62.1 Å². The van der Waals surface area contributed by atoms with Crippen LogP contribution in [0.5, 0.6) is 5.75 Å². The lowest BCUT2D eigenvalue weighted by molar-refractivity contribution is -0.112. The normalized spacial score (nSPS) is 10.9. The summed E-state index contributed by atoms with van der Waals surface area (Å²) in [7, 11) is 0. The molecule has 0 spiro atoms. The molecule has 0 saturated heterocycles. The van der Waals surface area contributed by atoms with Gasteiger partial charge in [-0.3, -0.25) is 4.79 Å². The fraction of sp³-hybridized carbons (Fsp3) is 0.0435. The Kier molecular flexibility index (Phi) is 7.08. The summed E-state index contributed by atoms with van der Waals surface area (Å²) >= 11 is 12.4. The van der Waals surface area contributed by atoms with E-state index in [9.17, 15) is 14.4 Å². The lowest BCUT2D eigenvalue weighted by Crippen LogP contribution is -2.13. The second-order valence-corrected chi connectivity index (χ2v) is 7.06. The predicted molar refractivity (Wildman–Crippen MR) is 116 cm³/mol. The van der Waals surface area contributed by atoms with Gasteiger partial charge in [0.1, 0.15) is 29.8 Å². The van der Waals surface area contributed by atoms with Crippen molar-refractivity contribution >= 4 is 40.9 Å². The highest BCUT2D eigenvalue weighted by Gasteiger charge is 2.15. The Bertz CT molecular complexity index is 1140. The molecule has 0 bridgehead atoms. The zero-order valence-corrected chi connectivity index (χ0v) is 17.0.